The highest BCUT2D eigenvalue weighted by atomic mass is 14.3. The number of hydrogen-bond donors (Lipinski definition) is 0. The van der Waals surface area contributed by atoms with E-state index in [-0.39, 0.29) is 7.34 Å². The van der Waals surface area contributed by atoms with Crippen LogP contribution < -0.4 is 0 Å². The molecule has 0 bridgehead atoms. The van der Waals surface area contributed by atoms with Crippen LogP contribution in [0.5, 0.6) is 0 Å². The van der Waals surface area contributed by atoms with Gasteiger partial charge in [0.2, 0.25) is 0 Å². The molecule has 184 valence electrons. The summed E-state index contributed by atoms with van der Waals surface area (Å²) >= 11 is 0. The highest BCUT2D eigenvalue weighted by Gasteiger charge is 2.24. The smallest absolute Gasteiger partial charge is 0.0339 e. The van der Waals surface area contributed by atoms with E-state index in [4.69, 9.17) is 6.58 Å². The zero-order valence-corrected chi connectivity index (χ0v) is 21.9. The van der Waals surface area contributed by atoms with E-state index in [0.717, 1.165) is 25.2 Å². The SMILES string of the molecule is C=CC1=CCC(C)=C(C(C(=C)c2ccc(CC)cc2)C2=CC(CCC3CCCC3)=CCC=C2)C=C1.[HH]. The molecule has 0 N–H and O–H groups in total. The third kappa shape index (κ3) is 6.43. The van der Waals surface area contributed by atoms with Gasteiger partial charge in [-0.1, -0.05) is 130 Å². The Bertz CT molecular complexity index is 1110. The molecule has 0 nitrogen and oxygen atoms in total. The first-order chi connectivity index (χ1) is 17.1. The van der Waals surface area contributed by atoms with Crippen LogP contribution in [0.15, 0.2) is 114 Å². The topological polar surface area (TPSA) is 0 Å². The molecule has 0 aliphatic heterocycles. The van der Waals surface area contributed by atoms with Crippen molar-refractivity contribution in [2.75, 3.05) is 0 Å². The minimum atomic E-state index is 0. The monoisotopic (exact) mass is 464 g/mol. The van der Waals surface area contributed by atoms with E-state index in [1.165, 1.54) is 83.1 Å². The van der Waals surface area contributed by atoms with Crippen molar-refractivity contribution in [1.29, 1.82) is 0 Å². The van der Waals surface area contributed by atoms with Crippen LogP contribution in [0.1, 0.15) is 77.8 Å². The molecule has 0 aromatic heterocycles. The molecule has 1 unspecified atom stereocenters. The van der Waals surface area contributed by atoms with Crippen LogP contribution in [-0.2, 0) is 6.42 Å². The standard InChI is InChI=1S/C35H42.H2/c1-5-28-16-15-26(3)34(24-21-28)35(27(4)32-22-19-29(6-2)20-23-32)33-14-10-9-13-31(25-33)18-17-30-11-7-8-12-30;/h5,10,13-14,16,19-25,30,35H,1,4,6-9,11-12,15,17-18H2,2-3H3;1H. The van der Waals surface area contributed by atoms with Crippen LogP contribution in [-0.4, -0.2) is 0 Å². The van der Waals surface area contributed by atoms with Crippen LogP contribution in [0.2, 0.25) is 0 Å². The molecule has 3 aliphatic rings. The Morgan fingerprint density at radius 1 is 1.09 bits per heavy atom. The highest BCUT2D eigenvalue weighted by Crippen LogP contribution is 2.40. The van der Waals surface area contributed by atoms with Gasteiger partial charge in [0.25, 0.3) is 0 Å². The Balaban J connectivity index is 0.00000361. The summed E-state index contributed by atoms with van der Waals surface area (Å²) < 4.78 is 0. The summed E-state index contributed by atoms with van der Waals surface area (Å²) in [5.41, 5.74) is 10.6. The largest absolute Gasteiger partial charge is 0.0985 e. The number of hydrogen-bond acceptors (Lipinski definition) is 0. The number of rotatable bonds is 9. The molecule has 3 aliphatic carbocycles. The van der Waals surface area contributed by atoms with Crippen molar-refractivity contribution in [3.63, 3.8) is 0 Å². The molecule has 0 heterocycles. The molecule has 1 fully saturated rings. The second kappa shape index (κ2) is 12.2. The molecule has 4 rings (SSSR count). The first kappa shape index (κ1) is 25.2. The summed E-state index contributed by atoms with van der Waals surface area (Å²) in [6.07, 6.45) is 29.6. The van der Waals surface area contributed by atoms with Crippen molar-refractivity contribution in [3.05, 3.63) is 125 Å². The first-order valence-electron chi connectivity index (χ1n) is 13.6. The first-order valence-corrected chi connectivity index (χ1v) is 13.6. The van der Waals surface area contributed by atoms with E-state index in [1.807, 2.05) is 6.08 Å². The van der Waals surface area contributed by atoms with E-state index >= 15 is 0 Å². The second-order valence-electron chi connectivity index (χ2n) is 10.4. The average Bonchev–Trinajstić information content (AvgIpc) is 3.21. The van der Waals surface area contributed by atoms with Gasteiger partial charge in [-0.15, -0.1) is 0 Å². The molecule has 1 saturated carbocycles. The molecular formula is C35H44. The van der Waals surface area contributed by atoms with Crippen LogP contribution in [0.25, 0.3) is 5.57 Å². The zero-order valence-electron chi connectivity index (χ0n) is 21.9. The van der Waals surface area contributed by atoms with E-state index in [9.17, 15) is 0 Å². The molecule has 35 heavy (non-hydrogen) atoms. The van der Waals surface area contributed by atoms with E-state index in [2.05, 4.69) is 87.2 Å². The molecule has 0 amide bonds. The highest BCUT2D eigenvalue weighted by molar-refractivity contribution is 5.74. The number of benzene rings is 1. The normalized spacial score (nSPS) is 19.5. The van der Waals surface area contributed by atoms with Crippen molar-refractivity contribution < 1.29 is 1.43 Å². The lowest BCUT2D eigenvalue weighted by molar-refractivity contribution is 0.504. The summed E-state index contributed by atoms with van der Waals surface area (Å²) in [7, 11) is 0. The third-order valence-corrected chi connectivity index (χ3v) is 8.05. The Kier molecular flexibility index (Phi) is 8.80. The minimum Gasteiger partial charge on any atom is -0.0985 e. The van der Waals surface area contributed by atoms with Gasteiger partial charge >= 0.3 is 0 Å². The van der Waals surface area contributed by atoms with E-state index in [0.29, 0.717) is 0 Å². The third-order valence-electron chi connectivity index (χ3n) is 8.05. The van der Waals surface area contributed by atoms with Gasteiger partial charge in [-0.05, 0) is 78.4 Å². The predicted molar refractivity (Wildman–Crippen MR) is 156 cm³/mol. The fourth-order valence-electron chi connectivity index (χ4n) is 5.74. The van der Waals surface area contributed by atoms with Gasteiger partial charge < -0.3 is 0 Å². The zero-order chi connectivity index (χ0) is 24.6. The summed E-state index contributed by atoms with van der Waals surface area (Å²) in [5.74, 6) is 1.06. The molecule has 1 atom stereocenters. The lowest BCUT2D eigenvalue weighted by atomic mass is 9.78. The van der Waals surface area contributed by atoms with Gasteiger partial charge in [-0.3, -0.25) is 0 Å². The number of allylic oxidation sites excluding steroid dienone is 14. The van der Waals surface area contributed by atoms with Crippen molar-refractivity contribution in [2.24, 2.45) is 11.8 Å². The summed E-state index contributed by atoms with van der Waals surface area (Å²) in [4.78, 5) is 0. The van der Waals surface area contributed by atoms with Gasteiger partial charge in [0.05, 0.1) is 0 Å². The van der Waals surface area contributed by atoms with Gasteiger partial charge in [0.15, 0.2) is 0 Å². The lowest BCUT2D eigenvalue weighted by Crippen LogP contribution is -2.10. The van der Waals surface area contributed by atoms with Crippen molar-refractivity contribution in [3.8, 4) is 0 Å². The van der Waals surface area contributed by atoms with Crippen molar-refractivity contribution in [1.82, 2.24) is 0 Å². The van der Waals surface area contributed by atoms with Crippen LogP contribution >= 0.6 is 0 Å². The van der Waals surface area contributed by atoms with Crippen molar-refractivity contribution >= 4 is 5.57 Å². The fraction of sp³-hybridized carbons (Fsp3) is 0.371. The van der Waals surface area contributed by atoms with E-state index < -0.39 is 0 Å². The van der Waals surface area contributed by atoms with Crippen LogP contribution in [0, 0.1) is 11.8 Å². The van der Waals surface area contributed by atoms with Crippen LogP contribution in [0.3, 0.4) is 0 Å². The summed E-state index contributed by atoms with van der Waals surface area (Å²) in [5, 5.41) is 0. The van der Waals surface area contributed by atoms with E-state index in [1.54, 1.807) is 0 Å². The molecule has 1 aromatic carbocycles. The Morgan fingerprint density at radius 2 is 1.86 bits per heavy atom. The Hall–Kier alpha value is -2.86. The van der Waals surface area contributed by atoms with Gasteiger partial charge in [0.1, 0.15) is 0 Å². The lowest BCUT2D eigenvalue weighted by Gasteiger charge is -2.25. The van der Waals surface area contributed by atoms with Crippen molar-refractivity contribution in [2.45, 2.75) is 71.6 Å². The predicted octanol–water partition coefficient (Wildman–Crippen LogP) is 10.3. The fourth-order valence-corrected chi connectivity index (χ4v) is 5.74. The minimum absolute atomic E-state index is 0. The second-order valence-corrected chi connectivity index (χ2v) is 10.4. The van der Waals surface area contributed by atoms with Gasteiger partial charge in [-0.2, -0.15) is 0 Å². The average molecular weight is 465 g/mol. The molecule has 1 aromatic rings. The molecule has 0 radical (unpaired) electrons. The maximum atomic E-state index is 4.70. The van der Waals surface area contributed by atoms with Gasteiger partial charge in [0, 0.05) is 7.34 Å². The van der Waals surface area contributed by atoms with Crippen LogP contribution in [0.4, 0.5) is 0 Å². The molecule has 0 heteroatoms. The maximum absolute atomic E-state index is 4.70. The van der Waals surface area contributed by atoms with Gasteiger partial charge in [-0.25, -0.2) is 0 Å². The molecule has 0 saturated heterocycles. The quantitative estimate of drug-likeness (QED) is 0.341. The maximum Gasteiger partial charge on any atom is 0.0339 e. The summed E-state index contributed by atoms with van der Waals surface area (Å²) in [6, 6.07) is 9.03. The Morgan fingerprint density at radius 3 is 2.57 bits per heavy atom. The molecule has 0 spiro atoms. The Labute approximate surface area is 215 Å². The molecular weight excluding hydrogens is 420 g/mol. The summed E-state index contributed by atoms with van der Waals surface area (Å²) in [6.45, 7) is 13.2. The number of aryl methyl sites for hydroxylation is 1.